The van der Waals surface area contributed by atoms with Crippen LogP contribution in [0, 0.1) is 6.92 Å². The standard InChI is InChI=1S/C15H17NO2/c1-3-4-7-10-16-15(17)14-11(2)12-8-5-6-9-13(12)18-14/h3-6,8-9H,7,10H2,1-2H3,(H,16,17)/b4-3+. The van der Waals surface area contributed by atoms with E-state index in [2.05, 4.69) is 5.32 Å². The molecule has 3 nitrogen and oxygen atoms in total. The molecule has 0 bridgehead atoms. The molecule has 2 rings (SSSR count). The average molecular weight is 243 g/mol. The number of benzene rings is 1. The number of amides is 1. The molecular formula is C15H17NO2. The van der Waals surface area contributed by atoms with Crippen molar-refractivity contribution >= 4 is 16.9 Å². The lowest BCUT2D eigenvalue weighted by atomic mass is 10.1. The third-order valence-electron chi connectivity index (χ3n) is 2.88. The first-order chi connectivity index (χ1) is 8.74. The lowest BCUT2D eigenvalue weighted by molar-refractivity contribution is 0.0928. The minimum absolute atomic E-state index is 0.145. The van der Waals surface area contributed by atoms with Crippen LogP contribution in [0.25, 0.3) is 11.0 Å². The zero-order valence-electron chi connectivity index (χ0n) is 10.7. The summed E-state index contributed by atoms with van der Waals surface area (Å²) in [5, 5.41) is 3.85. The highest BCUT2D eigenvalue weighted by Crippen LogP contribution is 2.24. The highest BCUT2D eigenvalue weighted by Gasteiger charge is 2.16. The summed E-state index contributed by atoms with van der Waals surface area (Å²) in [6.07, 6.45) is 4.83. The molecule has 0 radical (unpaired) electrons. The van der Waals surface area contributed by atoms with Crippen molar-refractivity contribution < 1.29 is 9.21 Å². The largest absolute Gasteiger partial charge is 0.451 e. The highest BCUT2D eigenvalue weighted by molar-refractivity contribution is 5.98. The number of furan rings is 1. The first-order valence-electron chi connectivity index (χ1n) is 6.11. The number of para-hydroxylation sites is 1. The summed E-state index contributed by atoms with van der Waals surface area (Å²) in [6, 6.07) is 7.68. The van der Waals surface area contributed by atoms with Crippen LogP contribution in [0.3, 0.4) is 0 Å². The molecule has 0 aliphatic heterocycles. The SMILES string of the molecule is C/C=C/CCNC(=O)c1oc2ccccc2c1C. The molecule has 94 valence electrons. The number of aryl methyl sites for hydroxylation is 1. The van der Waals surface area contributed by atoms with E-state index in [0.717, 1.165) is 23.0 Å². The Balaban J connectivity index is 2.15. The van der Waals surface area contributed by atoms with E-state index >= 15 is 0 Å². The first kappa shape index (κ1) is 12.4. The molecule has 0 atom stereocenters. The Morgan fingerprint density at radius 1 is 1.39 bits per heavy atom. The molecule has 1 heterocycles. The molecule has 1 amide bonds. The number of fused-ring (bicyclic) bond motifs is 1. The number of allylic oxidation sites excluding steroid dienone is 1. The summed E-state index contributed by atoms with van der Waals surface area (Å²) in [5.74, 6) is 0.268. The quantitative estimate of drug-likeness (QED) is 0.660. The summed E-state index contributed by atoms with van der Waals surface area (Å²) in [4.78, 5) is 12.0. The van der Waals surface area contributed by atoms with Gasteiger partial charge in [-0.15, -0.1) is 0 Å². The van der Waals surface area contributed by atoms with E-state index < -0.39 is 0 Å². The molecule has 0 unspecified atom stereocenters. The van der Waals surface area contributed by atoms with Crippen molar-refractivity contribution in [2.24, 2.45) is 0 Å². The molecule has 0 saturated heterocycles. The van der Waals surface area contributed by atoms with Crippen LogP contribution in [0.2, 0.25) is 0 Å². The molecule has 1 aromatic heterocycles. The number of carbonyl (C=O) groups excluding carboxylic acids is 1. The second-order valence-electron chi connectivity index (χ2n) is 4.17. The number of hydrogen-bond donors (Lipinski definition) is 1. The Morgan fingerprint density at radius 2 is 2.17 bits per heavy atom. The number of hydrogen-bond acceptors (Lipinski definition) is 2. The first-order valence-corrected chi connectivity index (χ1v) is 6.11. The van der Waals surface area contributed by atoms with E-state index in [4.69, 9.17) is 4.42 Å². The summed E-state index contributed by atoms with van der Waals surface area (Å²) in [6.45, 7) is 4.50. The minimum Gasteiger partial charge on any atom is -0.451 e. The number of rotatable bonds is 4. The van der Waals surface area contributed by atoms with Crippen LogP contribution in [-0.4, -0.2) is 12.5 Å². The summed E-state index contributed by atoms with van der Waals surface area (Å²) in [7, 11) is 0. The maximum absolute atomic E-state index is 12.0. The summed E-state index contributed by atoms with van der Waals surface area (Å²) < 4.78 is 5.59. The second-order valence-corrected chi connectivity index (χ2v) is 4.17. The fraction of sp³-hybridized carbons (Fsp3) is 0.267. The van der Waals surface area contributed by atoms with E-state index in [-0.39, 0.29) is 5.91 Å². The van der Waals surface area contributed by atoms with Crippen LogP contribution in [0.5, 0.6) is 0 Å². The smallest absolute Gasteiger partial charge is 0.287 e. The number of nitrogens with one attached hydrogen (secondary N) is 1. The van der Waals surface area contributed by atoms with Gasteiger partial charge in [-0.2, -0.15) is 0 Å². The van der Waals surface area contributed by atoms with Gasteiger partial charge in [0.25, 0.3) is 5.91 Å². The normalized spacial score (nSPS) is 11.2. The van der Waals surface area contributed by atoms with E-state index in [1.54, 1.807) is 0 Å². The number of carbonyl (C=O) groups is 1. The van der Waals surface area contributed by atoms with Gasteiger partial charge in [0, 0.05) is 17.5 Å². The van der Waals surface area contributed by atoms with Gasteiger partial charge in [0.2, 0.25) is 0 Å². The van der Waals surface area contributed by atoms with E-state index in [9.17, 15) is 4.79 Å². The molecule has 0 spiro atoms. The Kier molecular flexibility index (Phi) is 3.82. The highest BCUT2D eigenvalue weighted by atomic mass is 16.3. The van der Waals surface area contributed by atoms with Crippen molar-refractivity contribution in [3.63, 3.8) is 0 Å². The average Bonchev–Trinajstić information content (AvgIpc) is 2.73. The fourth-order valence-electron chi connectivity index (χ4n) is 1.91. The Labute approximate surface area is 106 Å². The van der Waals surface area contributed by atoms with E-state index in [1.165, 1.54) is 0 Å². The second kappa shape index (κ2) is 5.54. The molecule has 1 aromatic carbocycles. The van der Waals surface area contributed by atoms with Gasteiger partial charge < -0.3 is 9.73 Å². The van der Waals surface area contributed by atoms with Crippen molar-refractivity contribution in [2.75, 3.05) is 6.54 Å². The third-order valence-corrected chi connectivity index (χ3v) is 2.88. The maximum atomic E-state index is 12.0. The summed E-state index contributed by atoms with van der Waals surface area (Å²) in [5.41, 5.74) is 1.66. The molecule has 3 heteroatoms. The van der Waals surface area contributed by atoms with Crippen LogP contribution >= 0.6 is 0 Å². The molecule has 18 heavy (non-hydrogen) atoms. The minimum atomic E-state index is -0.145. The van der Waals surface area contributed by atoms with Crippen LogP contribution in [-0.2, 0) is 0 Å². The van der Waals surface area contributed by atoms with Crippen molar-refractivity contribution in [1.29, 1.82) is 0 Å². The van der Waals surface area contributed by atoms with E-state index in [1.807, 2.05) is 50.3 Å². The molecule has 0 fully saturated rings. The van der Waals surface area contributed by atoms with E-state index in [0.29, 0.717) is 12.3 Å². The van der Waals surface area contributed by atoms with Crippen molar-refractivity contribution in [2.45, 2.75) is 20.3 Å². The van der Waals surface area contributed by atoms with Crippen molar-refractivity contribution in [1.82, 2.24) is 5.32 Å². The van der Waals surface area contributed by atoms with Crippen molar-refractivity contribution in [3.8, 4) is 0 Å². The molecule has 0 aliphatic carbocycles. The van der Waals surface area contributed by atoms with Crippen LogP contribution in [0.1, 0.15) is 29.5 Å². The van der Waals surface area contributed by atoms with Gasteiger partial charge in [-0.1, -0.05) is 30.4 Å². The third kappa shape index (κ3) is 2.45. The topological polar surface area (TPSA) is 42.2 Å². The Hall–Kier alpha value is -2.03. The predicted molar refractivity (Wildman–Crippen MR) is 72.7 cm³/mol. The Morgan fingerprint density at radius 3 is 2.89 bits per heavy atom. The summed E-state index contributed by atoms with van der Waals surface area (Å²) >= 11 is 0. The molecule has 2 aromatic rings. The fourth-order valence-corrected chi connectivity index (χ4v) is 1.91. The molecular weight excluding hydrogens is 226 g/mol. The zero-order chi connectivity index (χ0) is 13.0. The van der Waals surface area contributed by atoms with Gasteiger partial charge in [-0.3, -0.25) is 4.79 Å². The molecule has 1 N–H and O–H groups in total. The van der Waals surface area contributed by atoms with Gasteiger partial charge >= 0.3 is 0 Å². The predicted octanol–water partition coefficient (Wildman–Crippen LogP) is 3.44. The lowest BCUT2D eigenvalue weighted by Crippen LogP contribution is -2.24. The van der Waals surface area contributed by atoms with Gasteiger partial charge in [-0.25, -0.2) is 0 Å². The lowest BCUT2D eigenvalue weighted by Gasteiger charge is -2.01. The van der Waals surface area contributed by atoms with Crippen LogP contribution in [0.4, 0.5) is 0 Å². The molecule has 0 aliphatic rings. The molecule has 0 saturated carbocycles. The van der Waals surface area contributed by atoms with Gasteiger partial charge in [0.15, 0.2) is 5.76 Å². The zero-order valence-corrected chi connectivity index (χ0v) is 10.7. The maximum Gasteiger partial charge on any atom is 0.287 e. The Bertz CT molecular complexity index is 581. The van der Waals surface area contributed by atoms with Crippen molar-refractivity contribution in [3.05, 3.63) is 47.7 Å². The van der Waals surface area contributed by atoms with Crippen LogP contribution < -0.4 is 5.32 Å². The van der Waals surface area contributed by atoms with Gasteiger partial charge in [0.05, 0.1) is 0 Å². The van der Waals surface area contributed by atoms with Gasteiger partial charge in [-0.05, 0) is 26.3 Å². The van der Waals surface area contributed by atoms with Crippen LogP contribution in [0.15, 0.2) is 40.8 Å². The van der Waals surface area contributed by atoms with Gasteiger partial charge in [0.1, 0.15) is 5.58 Å². The monoisotopic (exact) mass is 243 g/mol.